The van der Waals surface area contributed by atoms with Gasteiger partial charge in [0.05, 0.1) is 0 Å². The third-order valence-corrected chi connectivity index (χ3v) is 6.57. The Morgan fingerprint density at radius 1 is 0.857 bits per heavy atom. The van der Waals surface area contributed by atoms with Gasteiger partial charge in [-0.3, -0.25) is 0 Å². The Kier molecular flexibility index (Phi) is 4.06. The molecule has 0 unspecified atom stereocenters. The molecule has 0 amide bonds. The zero-order valence-corrected chi connectivity index (χ0v) is 13.1. The van der Waals surface area contributed by atoms with Gasteiger partial charge in [0.15, 0.2) is 0 Å². The summed E-state index contributed by atoms with van der Waals surface area (Å²) >= 11 is 5.29. The third-order valence-electron chi connectivity index (χ3n) is 4.41. The van der Waals surface area contributed by atoms with E-state index in [2.05, 4.69) is 45.2 Å². The average molecular weight is 418 g/mol. The van der Waals surface area contributed by atoms with Gasteiger partial charge < -0.3 is 0 Å². The van der Waals surface area contributed by atoms with Gasteiger partial charge in [-0.05, 0) is 50.4 Å². The highest BCUT2D eigenvalue weighted by Gasteiger charge is 2.42. The standard InChI is InChI=1S/C12H20I2/c13-10-9-12(14)7-5-11(6-8-12)3-1-2-4-11/h1-10H2. The van der Waals surface area contributed by atoms with Gasteiger partial charge in [-0.2, -0.15) is 0 Å². The van der Waals surface area contributed by atoms with E-state index in [9.17, 15) is 0 Å². The van der Waals surface area contributed by atoms with Crippen LogP contribution in [0.5, 0.6) is 0 Å². The Hall–Kier alpha value is 1.46. The molecule has 2 aliphatic carbocycles. The summed E-state index contributed by atoms with van der Waals surface area (Å²) in [6.07, 6.45) is 13.6. The van der Waals surface area contributed by atoms with Gasteiger partial charge in [0, 0.05) is 7.85 Å². The van der Waals surface area contributed by atoms with Crippen LogP contribution >= 0.6 is 45.2 Å². The van der Waals surface area contributed by atoms with Gasteiger partial charge in [0.2, 0.25) is 0 Å². The van der Waals surface area contributed by atoms with Crippen molar-refractivity contribution in [2.45, 2.75) is 61.2 Å². The number of halogens is 2. The molecule has 2 heteroatoms. The van der Waals surface area contributed by atoms with Gasteiger partial charge >= 0.3 is 0 Å². The van der Waals surface area contributed by atoms with Crippen molar-refractivity contribution in [3.05, 3.63) is 0 Å². The van der Waals surface area contributed by atoms with Crippen LogP contribution < -0.4 is 0 Å². The highest BCUT2D eigenvalue weighted by Crippen LogP contribution is 2.54. The molecule has 0 N–H and O–H groups in total. The van der Waals surface area contributed by atoms with E-state index in [1.165, 1.54) is 49.4 Å². The fourth-order valence-corrected chi connectivity index (χ4v) is 6.15. The minimum absolute atomic E-state index is 0.673. The normalized spacial score (nSPS) is 29.6. The van der Waals surface area contributed by atoms with Crippen molar-refractivity contribution in [3.63, 3.8) is 0 Å². The summed E-state index contributed by atoms with van der Waals surface area (Å²) in [5.41, 5.74) is 0.819. The average Bonchev–Trinajstić information content (AvgIpc) is 2.61. The molecule has 0 bridgehead atoms. The van der Waals surface area contributed by atoms with Crippen LogP contribution in [0.25, 0.3) is 0 Å². The van der Waals surface area contributed by atoms with E-state index < -0.39 is 0 Å². The summed E-state index contributed by atoms with van der Waals surface area (Å²) in [4.78, 5) is 0. The van der Waals surface area contributed by atoms with Crippen molar-refractivity contribution in [1.29, 1.82) is 0 Å². The van der Waals surface area contributed by atoms with Gasteiger partial charge in [-0.1, -0.05) is 58.0 Å². The largest absolute Gasteiger partial charge is 0.0863 e. The molecule has 2 rings (SSSR count). The molecule has 0 radical (unpaired) electrons. The van der Waals surface area contributed by atoms with Crippen molar-refractivity contribution in [2.24, 2.45) is 5.41 Å². The fourth-order valence-electron chi connectivity index (χ4n) is 3.27. The van der Waals surface area contributed by atoms with E-state index in [4.69, 9.17) is 0 Å². The SMILES string of the molecule is ICCC1(I)CCC2(CCCC2)CC1. The first-order valence-electron chi connectivity index (χ1n) is 5.93. The second kappa shape index (κ2) is 4.76. The molecular formula is C12H20I2. The first-order valence-corrected chi connectivity index (χ1v) is 8.54. The molecular weight excluding hydrogens is 398 g/mol. The van der Waals surface area contributed by atoms with Crippen LogP contribution in [0, 0.1) is 5.41 Å². The maximum atomic E-state index is 2.75. The molecule has 1 spiro atoms. The van der Waals surface area contributed by atoms with Crippen LogP contribution in [0.2, 0.25) is 0 Å². The van der Waals surface area contributed by atoms with Crippen LogP contribution in [0.1, 0.15) is 57.8 Å². The number of hydrogen-bond donors (Lipinski definition) is 0. The van der Waals surface area contributed by atoms with Crippen molar-refractivity contribution in [2.75, 3.05) is 4.43 Å². The number of rotatable bonds is 2. The van der Waals surface area contributed by atoms with Crippen molar-refractivity contribution in [1.82, 2.24) is 0 Å². The van der Waals surface area contributed by atoms with E-state index in [1.807, 2.05) is 0 Å². The molecule has 0 aromatic heterocycles. The Labute approximate surface area is 115 Å². The summed E-state index contributed by atoms with van der Waals surface area (Å²) in [7, 11) is 0. The molecule has 2 saturated carbocycles. The molecule has 0 atom stereocenters. The fraction of sp³-hybridized carbons (Fsp3) is 1.00. The van der Waals surface area contributed by atoms with Gasteiger partial charge in [-0.15, -0.1) is 0 Å². The lowest BCUT2D eigenvalue weighted by Gasteiger charge is -2.42. The Balaban J connectivity index is 1.90. The molecule has 0 saturated heterocycles. The Morgan fingerprint density at radius 2 is 1.43 bits per heavy atom. The monoisotopic (exact) mass is 418 g/mol. The van der Waals surface area contributed by atoms with Crippen LogP contribution in [-0.2, 0) is 0 Å². The summed E-state index contributed by atoms with van der Waals surface area (Å²) in [5.74, 6) is 0. The van der Waals surface area contributed by atoms with Gasteiger partial charge in [0.1, 0.15) is 0 Å². The predicted octanol–water partition coefficient (Wildman–Crippen LogP) is 5.12. The summed E-state index contributed by atoms with van der Waals surface area (Å²) in [5, 5.41) is 0. The van der Waals surface area contributed by atoms with E-state index in [1.54, 1.807) is 12.8 Å². The highest BCUT2D eigenvalue weighted by atomic mass is 127. The van der Waals surface area contributed by atoms with E-state index in [0.717, 1.165) is 5.41 Å². The summed E-state index contributed by atoms with van der Waals surface area (Å²) < 4.78 is 2.01. The van der Waals surface area contributed by atoms with Gasteiger partial charge in [-0.25, -0.2) is 0 Å². The molecule has 0 heterocycles. The zero-order chi connectivity index (χ0) is 10.1. The zero-order valence-electron chi connectivity index (χ0n) is 8.83. The predicted molar refractivity (Wildman–Crippen MR) is 79.6 cm³/mol. The molecule has 82 valence electrons. The molecule has 14 heavy (non-hydrogen) atoms. The lowest BCUT2D eigenvalue weighted by molar-refractivity contribution is 0.174. The lowest BCUT2D eigenvalue weighted by atomic mass is 9.69. The van der Waals surface area contributed by atoms with E-state index in [-0.39, 0.29) is 0 Å². The second-order valence-corrected chi connectivity index (χ2v) is 8.66. The van der Waals surface area contributed by atoms with Crippen LogP contribution in [0.3, 0.4) is 0 Å². The summed E-state index contributed by atoms with van der Waals surface area (Å²) in [6, 6.07) is 0. The maximum Gasteiger partial charge on any atom is 0.0230 e. The Bertz CT molecular complexity index is 184. The van der Waals surface area contributed by atoms with E-state index in [0.29, 0.717) is 3.42 Å². The first kappa shape index (κ1) is 11.9. The van der Waals surface area contributed by atoms with Gasteiger partial charge in [0.25, 0.3) is 0 Å². The Morgan fingerprint density at radius 3 is 1.93 bits per heavy atom. The minimum Gasteiger partial charge on any atom is -0.0863 e. The van der Waals surface area contributed by atoms with Crippen LogP contribution in [-0.4, -0.2) is 7.85 Å². The minimum atomic E-state index is 0.673. The first-order chi connectivity index (χ1) is 6.68. The topological polar surface area (TPSA) is 0 Å². The van der Waals surface area contributed by atoms with Crippen LogP contribution in [0.15, 0.2) is 0 Å². The maximum absolute atomic E-state index is 2.75. The molecule has 0 aromatic rings. The molecule has 0 aliphatic heterocycles. The van der Waals surface area contributed by atoms with E-state index >= 15 is 0 Å². The summed E-state index contributed by atoms with van der Waals surface area (Å²) in [6.45, 7) is 0. The highest BCUT2D eigenvalue weighted by molar-refractivity contribution is 14.1. The number of alkyl halides is 2. The molecule has 2 fully saturated rings. The second-order valence-electron chi connectivity index (χ2n) is 5.30. The molecule has 2 aliphatic rings. The third kappa shape index (κ3) is 2.58. The van der Waals surface area contributed by atoms with Crippen molar-refractivity contribution < 1.29 is 0 Å². The smallest absolute Gasteiger partial charge is 0.0230 e. The van der Waals surface area contributed by atoms with Crippen molar-refractivity contribution >= 4 is 45.2 Å². The van der Waals surface area contributed by atoms with Crippen molar-refractivity contribution in [3.8, 4) is 0 Å². The molecule has 0 aromatic carbocycles. The lowest BCUT2D eigenvalue weighted by Crippen LogP contribution is -2.33. The number of hydrogen-bond acceptors (Lipinski definition) is 0. The van der Waals surface area contributed by atoms with Crippen LogP contribution in [0.4, 0.5) is 0 Å². The molecule has 0 nitrogen and oxygen atoms in total. The quantitative estimate of drug-likeness (QED) is 0.432.